The number of hydrogen-bond donors (Lipinski definition) is 1. The molecule has 4 aromatic rings. The second-order valence-electron chi connectivity index (χ2n) is 5.40. The fourth-order valence-corrected chi connectivity index (χ4v) is 3.29. The molecule has 0 saturated heterocycles. The Kier molecular flexibility index (Phi) is 2.58. The Morgan fingerprint density at radius 3 is 2.10 bits per heavy atom. The standard InChI is InChI=1S/C18H16NP/c1-11(20)19-16-10-8-14-6-5-12-3-2-4-13-7-9-15(16)18(14)17(12)13/h2-11,19H,20H2,1H3. The minimum Gasteiger partial charge on any atom is -0.379 e. The summed E-state index contributed by atoms with van der Waals surface area (Å²) in [5, 5.41) is 11.5. The van der Waals surface area contributed by atoms with Crippen molar-refractivity contribution in [3.8, 4) is 0 Å². The zero-order valence-corrected chi connectivity index (χ0v) is 12.5. The molecule has 0 aliphatic rings. The van der Waals surface area contributed by atoms with Crippen molar-refractivity contribution in [1.29, 1.82) is 0 Å². The maximum Gasteiger partial charge on any atom is 0.0425 e. The van der Waals surface area contributed by atoms with Gasteiger partial charge in [-0.15, -0.1) is 9.24 Å². The Labute approximate surface area is 120 Å². The normalized spacial score (nSPS) is 13.3. The summed E-state index contributed by atoms with van der Waals surface area (Å²) in [5.41, 5.74) is 1.21. The summed E-state index contributed by atoms with van der Waals surface area (Å²) in [6.07, 6.45) is 0. The molecule has 2 unspecified atom stereocenters. The molecule has 0 amide bonds. The van der Waals surface area contributed by atoms with Crippen molar-refractivity contribution in [3.05, 3.63) is 54.6 Å². The molecule has 4 aromatic carbocycles. The third-order valence-electron chi connectivity index (χ3n) is 3.91. The molecule has 4 rings (SSSR count). The summed E-state index contributed by atoms with van der Waals surface area (Å²) in [5.74, 6) is 0.355. The van der Waals surface area contributed by atoms with Crippen LogP contribution >= 0.6 is 9.24 Å². The van der Waals surface area contributed by atoms with Crippen LogP contribution in [0.4, 0.5) is 5.69 Å². The topological polar surface area (TPSA) is 12.0 Å². The second-order valence-corrected chi connectivity index (χ2v) is 6.40. The summed E-state index contributed by atoms with van der Waals surface area (Å²) in [6, 6.07) is 19.8. The highest BCUT2D eigenvalue weighted by Gasteiger charge is 2.10. The number of hydrogen-bond acceptors (Lipinski definition) is 1. The van der Waals surface area contributed by atoms with Gasteiger partial charge >= 0.3 is 0 Å². The first-order valence-electron chi connectivity index (χ1n) is 6.93. The Balaban J connectivity index is 2.20. The van der Waals surface area contributed by atoms with Crippen molar-refractivity contribution < 1.29 is 0 Å². The van der Waals surface area contributed by atoms with Gasteiger partial charge in [0.05, 0.1) is 0 Å². The van der Waals surface area contributed by atoms with Gasteiger partial charge in [-0.2, -0.15) is 0 Å². The zero-order chi connectivity index (χ0) is 13.7. The lowest BCUT2D eigenvalue weighted by Crippen LogP contribution is -2.06. The molecule has 0 aliphatic carbocycles. The molecule has 0 aromatic heterocycles. The summed E-state index contributed by atoms with van der Waals surface area (Å²) < 4.78 is 0. The predicted octanol–water partition coefficient (Wildman–Crippen LogP) is 5.22. The number of anilines is 1. The van der Waals surface area contributed by atoms with Crippen molar-refractivity contribution in [1.82, 2.24) is 0 Å². The average molecular weight is 277 g/mol. The van der Waals surface area contributed by atoms with Gasteiger partial charge < -0.3 is 5.32 Å². The van der Waals surface area contributed by atoms with E-state index in [9.17, 15) is 0 Å². The Morgan fingerprint density at radius 2 is 1.40 bits per heavy atom. The highest BCUT2D eigenvalue weighted by molar-refractivity contribution is 7.17. The number of rotatable bonds is 2. The van der Waals surface area contributed by atoms with E-state index in [4.69, 9.17) is 0 Å². The summed E-state index contributed by atoms with van der Waals surface area (Å²) in [6.45, 7) is 2.14. The van der Waals surface area contributed by atoms with Gasteiger partial charge in [0.25, 0.3) is 0 Å². The lowest BCUT2D eigenvalue weighted by Gasteiger charge is -2.16. The van der Waals surface area contributed by atoms with Gasteiger partial charge in [-0.1, -0.05) is 48.5 Å². The van der Waals surface area contributed by atoms with Crippen molar-refractivity contribution in [2.75, 3.05) is 5.32 Å². The van der Waals surface area contributed by atoms with Gasteiger partial charge in [-0.3, -0.25) is 0 Å². The largest absolute Gasteiger partial charge is 0.379 e. The quantitative estimate of drug-likeness (QED) is 0.391. The highest BCUT2D eigenvalue weighted by Crippen LogP contribution is 2.37. The van der Waals surface area contributed by atoms with Crippen LogP contribution < -0.4 is 5.32 Å². The van der Waals surface area contributed by atoms with E-state index >= 15 is 0 Å². The van der Waals surface area contributed by atoms with E-state index in [1.54, 1.807) is 0 Å². The first kappa shape index (κ1) is 11.9. The molecule has 0 radical (unpaired) electrons. The van der Waals surface area contributed by atoms with Crippen molar-refractivity contribution in [2.24, 2.45) is 0 Å². The second kappa shape index (κ2) is 4.33. The molecule has 2 heteroatoms. The van der Waals surface area contributed by atoms with Crippen LogP contribution in [0.15, 0.2) is 54.6 Å². The van der Waals surface area contributed by atoms with Gasteiger partial charge in [0.2, 0.25) is 0 Å². The lowest BCUT2D eigenvalue weighted by atomic mass is 9.93. The van der Waals surface area contributed by atoms with Gasteiger partial charge in [0.1, 0.15) is 0 Å². The van der Waals surface area contributed by atoms with Gasteiger partial charge in [0, 0.05) is 16.9 Å². The van der Waals surface area contributed by atoms with Crippen molar-refractivity contribution >= 4 is 47.2 Å². The van der Waals surface area contributed by atoms with E-state index in [1.807, 2.05) is 0 Å². The molecule has 2 atom stereocenters. The molecule has 0 spiro atoms. The third kappa shape index (κ3) is 1.67. The maximum absolute atomic E-state index is 3.52. The summed E-state index contributed by atoms with van der Waals surface area (Å²) in [7, 11) is 2.80. The molecule has 1 N–H and O–H groups in total. The fourth-order valence-electron chi connectivity index (χ4n) is 3.11. The van der Waals surface area contributed by atoms with E-state index in [1.165, 1.54) is 38.0 Å². The molecular weight excluding hydrogens is 261 g/mol. The molecule has 0 bridgehead atoms. The Hall–Kier alpha value is -1.85. The first-order valence-corrected chi connectivity index (χ1v) is 7.59. The molecule has 0 aliphatic heterocycles. The lowest BCUT2D eigenvalue weighted by molar-refractivity contribution is 1.13. The van der Waals surface area contributed by atoms with Crippen LogP contribution in [0, 0.1) is 0 Å². The molecule has 0 fully saturated rings. The molecule has 1 nitrogen and oxygen atoms in total. The smallest absolute Gasteiger partial charge is 0.0425 e. The number of benzene rings is 4. The Bertz CT molecular complexity index is 895. The third-order valence-corrected chi connectivity index (χ3v) is 4.08. The highest BCUT2D eigenvalue weighted by atomic mass is 31.0. The van der Waals surface area contributed by atoms with Crippen LogP contribution in [0.25, 0.3) is 32.3 Å². The van der Waals surface area contributed by atoms with Crippen LogP contribution in [0.5, 0.6) is 0 Å². The molecule has 20 heavy (non-hydrogen) atoms. The molecule has 0 saturated carbocycles. The molecule has 98 valence electrons. The van der Waals surface area contributed by atoms with Crippen LogP contribution in [0.3, 0.4) is 0 Å². The van der Waals surface area contributed by atoms with E-state index in [-0.39, 0.29) is 0 Å². The van der Waals surface area contributed by atoms with Crippen molar-refractivity contribution in [2.45, 2.75) is 12.7 Å². The average Bonchev–Trinajstić information content (AvgIpc) is 2.46. The Morgan fingerprint density at radius 1 is 0.800 bits per heavy atom. The summed E-state index contributed by atoms with van der Waals surface area (Å²) in [4.78, 5) is 0. The number of nitrogens with one attached hydrogen (secondary N) is 1. The van der Waals surface area contributed by atoms with E-state index in [2.05, 4.69) is 76.1 Å². The monoisotopic (exact) mass is 277 g/mol. The molecular formula is C18H16NP. The van der Waals surface area contributed by atoms with E-state index in [0.29, 0.717) is 5.78 Å². The van der Waals surface area contributed by atoms with Crippen LogP contribution in [0.1, 0.15) is 6.92 Å². The minimum absolute atomic E-state index is 0.355. The zero-order valence-electron chi connectivity index (χ0n) is 11.4. The van der Waals surface area contributed by atoms with E-state index in [0.717, 1.165) is 0 Å². The van der Waals surface area contributed by atoms with Crippen LogP contribution in [-0.2, 0) is 0 Å². The van der Waals surface area contributed by atoms with E-state index < -0.39 is 0 Å². The predicted molar refractivity (Wildman–Crippen MR) is 92.9 cm³/mol. The van der Waals surface area contributed by atoms with Gasteiger partial charge in [-0.05, 0) is 39.9 Å². The SMILES string of the molecule is CC(P)Nc1ccc2ccc3cccc4ccc1c2c34. The van der Waals surface area contributed by atoms with Crippen LogP contribution in [-0.4, -0.2) is 5.78 Å². The minimum atomic E-state index is 0.355. The maximum atomic E-state index is 3.52. The van der Waals surface area contributed by atoms with Gasteiger partial charge in [0.15, 0.2) is 0 Å². The molecule has 0 heterocycles. The van der Waals surface area contributed by atoms with Crippen LogP contribution in [0.2, 0.25) is 0 Å². The van der Waals surface area contributed by atoms with Gasteiger partial charge in [-0.25, -0.2) is 0 Å². The van der Waals surface area contributed by atoms with Crippen molar-refractivity contribution in [3.63, 3.8) is 0 Å². The summed E-state index contributed by atoms with van der Waals surface area (Å²) >= 11 is 0. The first-order chi connectivity index (χ1) is 9.74. The fraction of sp³-hybridized carbons (Fsp3) is 0.111.